The molecule has 0 amide bonds. The van der Waals surface area contributed by atoms with Gasteiger partial charge in [-0.3, -0.25) is 0 Å². The van der Waals surface area contributed by atoms with Crippen LogP contribution in [0.15, 0.2) is 6.33 Å². The number of H-pyrrole nitrogens is 1. The van der Waals surface area contributed by atoms with Gasteiger partial charge in [0.05, 0.1) is 12.0 Å². The van der Waals surface area contributed by atoms with Gasteiger partial charge in [0, 0.05) is 23.7 Å². The van der Waals surface area contributed by atoms with E-state index in [2.05, 4.69) is 23.8 Å². The van der Waals surface area contributed by atoms with E-state index in [1.807, 2.05) is 11.8 Å². The minimum Gasteiger partial charge on any atom is -0.348 e. The van der Waals surface area contributed by atoms with Crippen LogP contribution in [0.5, 0.6) is 0 Å². The van der Waals surface area contributed by atoms with Gasteiger partial charge in [0.1, 0.15) is 0 Å². The molecule has 13 heavy (non-hydrogen) atoms. The summed E-state index contributed by atoms with van der Waals surface area (Å²) in [5.41, 5.74) is 7.85. The Morgan fingerprint density at radius 3 is 3.00 bits per heavy atom. The monoisotopic (exact) mass is 199 g/mol. The molecule has 0 atom stereocenters. The quantitative estimate of drug-likeness (QED) is 0.710. The molecule has 0 aliphatic rings. The Kier molecular flexibility index (Phi) is 4.32. The zero-order valence-electron chi connectivity index (χ0n) is 8.21. The molecule has 0 aliphatic heterocycles. The van der Waals surface area contributed by atoms with Crippen molar-refractivity contribution in [2.45, 2.75) is 25.5 Å². The first-order valence-corrected chi connectivity index (χ1v) is 5.71. The second-order valence-corrected chi connectivity index (χ2v) is 4.36. The summed E-state index contributed by atoms with van der Waals surface area (Å²) in [7, 11) is 0. The van der Waals surface area contributed by atoms with Crippen molar-refractivity contribution in [2.75, 3.05) is 12.3 Å². The number of hydrogen-bond acceptors (Lipinski definition) is 3. The average molecular weight is 199 g/mol. The highest BCUT2D eigenvalue weighted by Crippen LogP contribution is 2.19. The molecule has 0 spiro atoms. The third kappa shape index (κ3) is 3.04. The largest absolute Gasteiger partial charge is 0.348 e. The standard InChI is InChI=1S/C9H17N3S/c1-7(2)9-8(11-6-12-9)5-13-4-3-10/h6-7H,3-5,10H2,1-2H3,(H,11,12). The predicted octanol–water partition coefficient (Wildman–Crippen LogP) is 1.72. The van der Waals surface area contributed by atoms with Gasteiger partial charge < -0.3 is 10.7 Å². The van der Waals surface area contributed by atoms with Crippen molar-refractivity contribution in [1.29, 1.82) is 0 Å². The number of rotatable bonds is 5. The lowest BCUT2D eigenvalue weighted by atomic mass is 10.1. The zero-order chi connectivity index (χ0) is 9.68. The van der Waals surface area contributed by atoms with Gasteiger partial charge >= 0.3 is 0 Å². The van der Waals surface area contributed by atoms with Crippen LogP contribution < -0.4 is 5.73 Å². The van der Waals surface area contributed by atoms with Crippen LogP contribution in [-0.2, 0) is 5.75 Å². The fourth-order valence-corrected chi connectivity index (χ4v) is 1.93. The van der Waals surface area contributed by atoms with Crippen molar-refractivity contribution in [1.82, 2.24) is 9.97 Å². The highest BCUT2D eigenvalue weighted by atomic mass is 32.2. The van der Waals surface area contributed by atoms with Gasteiger partial charge in [-0.15, -0.1) is 0 Å². The van der Waals surface area contributed by atoms with Crippen molar-refractivity contribution >= 4 is 11.8 Å². The molecule has 74 valence electrons. The van der Waals surface area contributed by atoms with Gasteiger partial charge in [-0.25, -0.2) is 4.98 Å². The molecule has 1 rings (SSSR count). The Balaban J connectivity index is 2.50. The number of nitrogens with zero attached hydrogens (tertiary/aromatic N) is 1. The Bertz CT molecular complexity index is 245. The van der Waals surface area contributed by atoms with Crippen molar-refractivity contribution in [3.63, 3.8) is 0 Å². The molecule has 0 saturated heterocycles. The molecule has 0 saturated carbocycles. The zero-order valence-corrected chi connectivity index (χ0v) is 9.03. The normalized spacial score (nSPS) is 11.1. The molecule has 4 heteroatoms. The molecule has 1 aromatic heterocycles. The molecule has 3 N–H and O–H groups in total. The molecule has 0 aliphatic carbocycles. The fraction of sp³-hybridized carbons (Fsp3) is 0.667. The first-order chi connectivity index (χ1) is 6.25. The Labute approximate surface area is 83.5 Å². The van der Waals surface area contributed by atoms with Crippen molar-refractivity contribution < 1.29 is 0 Å². The molecule has 0 bridgehead atoms. The molecule has 1 heterocycles. The maximum Gasteiger partial charge on any atom is 0.0925 e. The van der Waals surface area contributed by atoms with Crippen molar-refractivity contribution in [3.8, 4) is 0 Å². The van der Waals surface area contributed by atoms with E-state index in [1.54, 1.807) is 6.33 Å². The van der Waals surface area contributed by atoms with Crippen LogP contribution in [0.2, 0.25) is 0 Å². The second kappa shape index (κ2) is 5.29. The van der Waals surface area contributed by atoms with E-state index in [0.717, 1.165) is 18.1 Å². The molecule has 0 unspecified atom stereocenters. The molecule has 0 radical (unpaired) electrons. The van der Waals surface area contributed by atoms with E-state index in [0.29, 0.717) is 5.92 Å². The summed E-state index contributed by atoms with van der Waals surface area (Å²) in [5, 5.41) is 0. The Morgan fingerprint density at radius 1 is 1.62 bits per heavy atom. The van der Waals surface area contributed by atoms with E-state index < -0.39 is 0 Å². The number of nitrogens with two attached hydrogens (primary N) is 1. The van der Waals surface area contributed by atoms with Crippen LogP contribution in [0.25, 0.3) is 0 Å². The van der Waals surface area contributed by atoms with Crippen LogP contribution in [-0.4, -0.2) is 22.3 Å². The average Bonchev–Trinajstić information content (AvgIpc) is 2.53. The molecule has 1 aromatic rings. The first kappa shape index (κ1) is 10.6. The first-order valence-electron chi connectivity index (χ1n) is 4.55. The van der Waals surface area contributed by atoms with E-state index >= 15 is 0 Å². The number of hydrogen-bond donors (Lipinski definition) is 2. The van der Waals surface area contributed by atoms with Gasteiger partial charge in [-0.05, 0) is 5.92 Å². The summed E-state index contributed by atoms with van der Waals surface area (Å²) in [5.74, 6) is 2.49. The maximum absolute atomic E-state index is 5.42. The lowest BCUT2D eigenvalue weighted by molar-refractivity contribution is 0.820. The number of aromatic nitrogens is 2. The van der Waals surface area contributed by atoms with Crippen LogP contribution in [0, 0.1) is 0 Å². The van der Waals surface area contributed by atoms with E-state index in [9.17, 15) is 0 Å². The lowest BCUT2D eigenvalue weighted by Crippen LogP contribution is -2.02. The predicted molar refractivity (Wildman–Crippen MR) is 57.9 cm³/mol. The van der Waals surface area contributed by atoms with Crippen LogP contribution in [0.1, 0.15) is 31.2 Å². The van der Waals surface area contributed by atoms with Gasteiger partial charge in [0.15, 0.2) is 0 Å². The Hall–Kier alpha value is -0.480. The van der Waals surface area contributed by atoms with E-state index in [1.165, 1.54) is 11.4 Å². The third-order valence-corrected chi connectivity index (χ3v) is 2.83. The smallest absolute Gasteiger partial charge is 0.0925 e. The maximum atomic E-state index is 5.42. The number of aromatic amines is 1. The number of imidazole rings is 1. The van der Waals surface area contributed by atoms with E-state index in [4.69, 9.17) is 5.73 Å². The number of nitrogens with one attached hydrogen (secondary N) is 1. The van der Waals surface area contributed by atoms with Crippen molar-refractivity contribution in [3.05, 3.63) is 17.7 Å². The minimum absolute atomic E-state index is 0.524. The molecule has 0 aromatic carbocycles. The summed E-state index contributed by atoms with van der Waals surface area (Å²) >= 11 is 1.84. The minimum atomic E-state index is 0.524. The highest BCUT2D eigenvalue weighted by molar-refractivity contribution is 7.98. The van der Waals surface area contributed by atoms with Crippen LogP contribution in [0.4, 0.5) is 0 Å². The van der Waals surface area contributed by atoms with Crippen LogP contribution >= 0.6 is 11.8 Å². The summed E-state index contributed by atoms with van der Waals surface area (Å²) in [6.45, 7) is 5.08. The highest BCUT2D eigenvalue weighted by Gasteiger charge is 2.08. The summed E-state index contributed by atoms with van der Waals surface area (Å²) < 4.78 is 0. The van der Waals surface area contributed by atoms with Gasteiger partial charge in [0.2, 0.25) is 0 Å². The fourth-order valence-electron chi connectivity index (χ4n) is 1.20. The van der Waals surface area contributed by atoms with Gasteiger partial charge in [-0.2, -0.15) is 11.8 Å². The SMILES string of the molecule is CC(C)c1[nH]cnc1CSCCN. The topological polar surface area (TPSA) is 54.7 Å². The van der Waals surface area contributed by atoms with Crippen LogP contribution in [0.3, 0.4) is 0 Å². The number of thioether (sulfide) groups is 1. The molecule has 3 nitrogen and oxygen atoms in total. The van der Waals surface area contributed by atoms with Gasteiger partial charge in [0.25, 0.3) is 0 Å². The van der Waals surface area contributed by atoms with Gasteiger partial charge in [-0.1, -0.05) is 13.8 Å². The third-order valence-electron chi connectivity index (χ3n) is 1.83. The summed E-state index contributed by atoms with van der Waals surface area (Å²) in [6.07, 6.45) is 1.77. The lowest BCUT2D eigenvalue weighted by Gasteiger charge is -2.04. The molecular weight excluding hydrogens is 182 g/mol. The Morgan fingerprint density at radius 2 is 2.38 bits per heavy atom. The summed E-state index contributed by atoms with van der Waals surface area (Å²) in [4.78, 5) is 7.47. The second-order valence-electron chi connectivity index (χ2n) is 3.26. The molecular formula is C9H17N3S. The van der Waals surface area contributed by atoms with Crippen molar-refractivity contribution in [2.24, 2.45) is 5.73 Å². The molecule has 0 fully saturated rings. The van der Waals surface area contributed by atoms with E-state index in [-0.39, 0.29) is 0 Å². The summed E-state index contributed by atoms with van der Waals surface area (Å²) in [6, 6.07) is 0.